The topological polar surface area (TPSA) is 89.9 Å². The average molecular weight is 747 g/mol. The molecule has 1 heterocycles. The lowest BCUT2D eigenvalue weighted by Crippen LogP contribution is -2.20. The summed E-state index contributed by atoms with van der Waals surface area (Å²) in [6.07, 6.45) is 3.75. The van der Waals surface area contributed by atoms with Gasteiger partial charge in [-0.1, -0.05) is 153 Å². The molecule has 0 amide bonds. The van der Waals surface area contributed by atoms with Crippen molar-refractivity contribution in [3.8, 4) is 33.4 Å². The van der Waals surface area contributed by atoms with Crippen molar-refractivity contribution < 1.29 is 29.0 Å². The van der Waals surface area contributed by atoms with Crippen LogP contribution in [0, 0.1) is 0 Å². The van der Waals surface area contributed by atoms with Crippen LogP contribution in [0.1, 0.15) is 37.5 Å². The first-order chi connectivity index (χ1) is 26.8. The van der Waals surface area contributed by atoms with E-state index in [9.17, 15) is 14.4 Å². The molecule has 6 aromatic carbocycles. The minimum atomic E-state index is -0.894. The standard InChI is InChI=1S/C31H26O4S.C13H10O2.C4H6/c32-30(26-15-11-24(12-16-26)22-7-3-1-4-8-22)34-20-29-19-28(21-36-29)35-31(33)27-17-13-25(14-18-27)23-9-5-2-6-10-23;14-13(15)12-8-6-11(7-9-12)10-4-2-1-3-5-10;1-3-4-2/h1-18,28-29H,19-21H2;1-9H,(H,14,15);3-4H,1-2H2/t28?,29-;;/m1../s1. The van der Waals surface area contributed by atoms with Crippen LogP contribution in [-0.2, 0) is 9.47 Å². The van der Waals surface area contributed by atoms with Crippen LogP contribution in [0.15, 0.2) is 189 Å². The van der Waals surface area contributed by atoms with Crippen LogP contribution in [0.25, 0.3) is 33.4 Å². The van der Waals surface area contributed by atoms with Crippen LogP contribution in [0.2, 0.25) is 0 Å². The van der Waals surface area contributed by atoms with E-state index in [0.717, 1.165) is 33.4 Å². The Morgan fingerprint density at radius 3 is 1.29 bits per heavy atom. The summed E-state index contributed by atoms with van der Waals surface area (Å²) < 4.78 is 11.3. The molecule has 1 N–H and O–H groups in total. The highest BCUT2D eigenvalue weighted by Gasteiger charge is 2.29. The van der Waals surface area contributed by atoms with Crippen molar-refractivity contribution in [1.82, 2.24) is 0 Å². The van der Waals surface area contributed by atoms with Crippen molar-refractivity contribution in [3.05, 3.63) is 206 Å². The third-order valence-corrected chi connectivity index (χ3v) is 9.94. The van der Waals surface area contributed by atoms with Gasteiger partial charge in [0.25, 0.3) is 0 Å². The van der Waals surface area contributed by atoms with Crippen LogP contribution in [0.3, 0.4) is 0 Å². The lowest BCUT2D eigenvalue weighted by molar-refractivity contribution is 0.0317. The summed E-state index contributed by atoms with van der Waals surface area (Å²) in [6.45, 7) is 7.02. The number of carbonyl (C=O) groups excluding carboxylic acids is 2. The maximum atomic E-state index is 12.6. The average Bonchev–Trinajstić information content (AvgIpc) is 3.71. The second-order valence-corrected chi connectivity index (χ2v) is 13.8. The van der Waals surface area contributed by atoms with Gasteiger partial charge < -0.3 is 14.6 Å². The molecule has 1 unspecified atom stereocenters. The summed E-state index contributed by atoms with van der Waals surface area (Å²) in [5, 5.41) is 8.85. The third kappa shape index (κ3) is 12.0. The molecule has 1 fully saturated rings. The first-order valence-electron chi connectivity index (χ1n) is 17.8. The zero-order valence-electron chi connectivity index (χ0n) is 30.3. The van der Waals surface area contributed by atoms with Gasteiger partial charge in [-0.05, 0) is 69.8 Å². The number of rotatable bonds is 10. The summed E-state index contributed by atoms with van der Waals surface area (Å²) in [6, 6.07) is 51.7. The molecule has 1 saturated heterocycles. The van der Waals surface area contributed by atoms with E-state index >= 15 is 0 Å². The highest BCUT2D eigenvalue weighted by atomic mass is 32.2. The fourth-order valence-corrected chi connectivity index (χ4v) is 6.84. The predicted molar refractivity (Wildman–Crippen MR) is 223 cm³/mol. The Hall–Kier alpha value is -6.44. The number of thioether (sulfide) groups is 1. The summed E-state index contributed by atoms with van der Waals surface area (Å²) in [5.41, 5.74) is 7.82. The lowest BCUT2D eigenvalue weighted by Gasteiger charge is -2.13. The van der Waals surface area contributed by atoms with E-state index < -0.39 is 5.97 Å². The molecule has 1 aliphatic heterocycles. The Morgan fingerprint density at radius 2 is 0.909 bits per heavy atom. The van der Waals surface area contributed by atoms with Crippen LogP contribution in [0.5, 0.6) is 0 Å². The first-order valence-corrected chi connectivity index (χ1v) is 18.8. The van der Waals surface area contributed by atoms with Gasteiger partial charge in [0.1, 0.15) is 12.7 Å². The van der Waals surface area contributed by atoms with Gasteiger partial charge in [0.05, 0.1) is 16.7 Å². The summed E-state index contributed by atoms with van der Waals surface area (Å²) in [4.78, 5) is 35.8. The SMILES string of the molecule is C=CC=C.O=C(O)c1ccc(-c2ccccc2)cc1.O=C(OC[C@H]1CC(OC(=O)c2ccc(-c3ccccc3)cc2)CS1)c1ccc(-c2ccccc2)cc1. The second kappa shape index (κ2) is 20.7. The number of hydrogen-bond acceptors (Lipinski definition) is 6. The van der Waals surface area contributed by atoms with Crippen LogP contribution < -0.4 is 0 Å². The van der Waals surface area contributed by atoms with E-state index in [4.69, 9.17) is 14.6 Å². The second-order valence-electron chi connectivity index (χ2n) is 12.4. The molecule has 2 atom stereocenters. The Bertz CT molecular complexity index is 2130. The summed E-state index contributed by atoms with van der Waals surface area (Å²) in [7, 11) is 0. The number of ether oxygens (including phenoxy) is 2. The number of hydrogen-bond donors (Lipinski definition) is 1. The molecule has 7 heteroatoms. The number of allylic oxidation sites excluding steroid dienone is 2. The Morgan fingerprint density at radius 1 is 0.545 bits per heavy atom. The molecule has 6 aromatic rings. The molecule has 1 aliphatic rings. The Labute approximate surface area is 326 Å². The van der Waals surface area contributed by atoms with E-state index in [1.165, 1.54) is 0 Å². The molecular formula is C48H42O6S. The third-order valence-electron chi connectivity index (χ3n) is 8.58. The first kappa shape index (κ1) is 39.8. The number of aromatic carboxylic acids is 1. The molecule has 0 spiro atoms. The highest BCUT2D eigenvalue weighted by Crippen LogP contribution is 2.30. The van der Waals surface area contributed by atoms with Crippen molar-refractivity contribution >= 4 is 29.7 Å². The van der Waals surface area contributed by atoms with E-state index in [-0.39, 0.29) is 23.3 Å². The van der Waals surface area contributed by atoms with E-state index in [0.29, 0.717) is 35.5 Å². The Kier molecular flexibility index (Phi) is 15.0. The molecule has 276 valence electrons. The summed E-state index contributed by atoms with van der Waals surface area (Å²) >= 11 is 1.67. The predicted octanol–water partition coefficient (Wildman–Crippen LogP) is 11.3. The van der Waals surface area contributed by atoms with Crippen LogP contribution >= 0.6 is 11.8 Å². The van der Waals surface area contributed by atoms with Gasteiger partial charge in [-0.2, -0.15) is 11.8 Å². The number of benzene rings is 6. The number of esters is 2. The maximum Gasteiger partial charge on any atom is 0.338 e. The van der Waals surface area contributed by atoms with E-state index in [1.807, 2.05) is 127 Å². The van der Waals surface area contributed by atoms with E-state index in [1.54, 1.807) is 60.3 Å². The molecule has 0 bridgehead atoms. The fourth-order valence-electron chi connectivity index (χ4n) is 5.64. The van der Waals surface area contributed by atoms with Crippen molar-refractivity contribution in [2.45, 2.75) is 17.8 Å². The molecule has 7 rings (SSSR count). The quantitative estimate of drug-likeness (QED) is 0.110. The van der Waals surface area contributed by atoms with Crippen molar-refractivity contribution in [2.75, 3.05) is 12.4 Å². The fraction of sp³-hybridized carbons (Fsp3) is 0.104. The van der Waals surface area contributed by atoms with Gasteiger partial charge in [0, 0.05) is 17.4 Å². The van der Waals surface area contributed by atoms with Crippen LogP contribution in [0.4, 0.5) is 0 Å². The zero-order chi connectivity index (χ0) is 38.8. The normalized spacial score (nSPS) is 14.1. The molecule has 55 heavy (non-hydrogen) atoms. The van der Waals surface area contributed by atoms with Gasteiger partial charge in [-0.25, -0.2) is 14.4 Å². The maximum absolute atomic E-state index is 12.6. The molecule has 6 nitrogen and oxygen atoms in total. The van der Waals surface area contributed by atoms with Gasteiger partial charge in [0.15, 0.2) is 0 Å². The molecule has 0 aromatic heterocycles. The lowest BCUT2D eigenvalue weighted by atomic mass is 10.0. The van der Waals surface area contributed by atoms with Gasteiger partial charge >= 0.3 is 17.9 Å². The number of carbonyl (C=O) groups is 3. The van der Waals surface area contributed by atoms with Gasteiger partial charge in [-0.15, -0.1) is 0 Å². The van der Waals surface area contributed by atoms with E-state index in [2.05, 4.69) is 13.2 Å². The number of carboxylic acid groups (broad SMARTS) is 1. The smallest absolute Gasteiger partial charge is 0.338 e. The van der Waals surface area contributed by atoms with Gasteiger partial charge in [-0.3, -0.25) is 0 Å². The van der Waals surface area contributed by atoms with Crippen molar-refractivity contribution in [1.29, 1.82) is 0 Å². The zero-order valence-corrected chi connectivity index (χ0v) is 31.1. The Balaban J connectivity index is 0.000000252. The van der Waals surface area contributed by atoms with Gasteiger partial charge in [0.2, 0.25) is 0 Å². The minimum Gasteiger partial charge on any atom is -0.478 e. The molecule has 0 aliphatic carbocycles. The van der Waals surface area contributed by atoms with Crippen LogP contribution in [-0.4, -0.2) is 46.7 Å². The molecule has 0 saturated carbocycles. The largest absolute Gasteiger partial charge is 0.478 e. The van der Waals surface area contributed by atoms with Crippen molar-refractivity contribution in [2.24, 2.45) is 0 Å². The monoisotopic (exact) mass is 746 g/mol. The van der Waals surface area contributed by atoms with Crippen molar-refractivity contribution in [3.63, 3.8) is 0 Å². The number of carboxylic acids is 1. The highest BCUT2D eigenvalue weighted by molar-refractivity contribution is 8.00. The molecular weight excluding hydrogens is 705 g/mol. The molecule has 0 radical (unpaired) electrons. The summed E-state index contributed by atoms with van der Waals surface area (Å²) in [5.74, 6) is -0.859. The minimum absolute atomic E-state index is 0.107.